The van der Waals surface area contributed by atoms with Gasteiger partial charge in [-0.2, -0.15) is 11.8 Å². The minimum absolute atomic E-state index is 0.293. The zero-order chi connectivity index (χ0) is 13.2. The topological polar surface area (TPSA) is 58.2 Å². The second-order valence-electron chi connectivity index (χ2n) is 4.47. The monoisotopic (exact) mass is 286 g/mol. The third-order valence-corrected chi connectivity index (χ3v) is 6.14. The quantitative estimate of drug-likeness (QED) is 0.838. The maximum atomic E-state index is 11.6. The SMILES string of the molecule is CNS(=O)(=O)c1ccc(NCC2(SC)CC2)cc1. The molecule has 18 heavy (non-hydrogen) atoms. The van der Waals surface area contributed by atoms with Gasteiger partial charge in [-0.3, -0.25) is 0 Å². The van der Waals surface area contributed by atoms with E-state index in [2.05, 4.69) is 16.3 Å². The standard InChI is InChI=1S/C12H18N2O2S2/c1-13-18(15,16)11-5-3-10(4-6-11)14-9-12(17-2)7-8-12/h3-6,13-14H,7-9H2,1-2H3. The van der Waals surface area contributed by atoms with Crippen LogP contribution in [0.4, 0.5) is 5.69 Å². The van der Waals surface area contributed by atoms with E-state index in [1.54, 1.807) is 24.3 Å². The Balaban J connectivity index is 2.00. The molecule has 1 aromatic rings. The minimum atomic E-state index is -3.33. The van der Waals surface area contributed by atoms with Crippen LogP contribution in [0.15, 0.2) is 29.2 Å². The molecule has 0 amide bonds. The molecule has 0 saturated heterocycles. The summed E-state index contributed by atoms with van der Waals surface area (Å²) in [6.45, 7) is 0.937. The van der Waals surface area contributed by atoms with Gasteiger partial charge < -0.3 is 5.32 Å². The predicted molar refractivity (Wildman–Crippen MR) is 76.7 cm³/mol. The van der Waals surface area contributed by atoms with Gasteiger partial charge in [-0.05, 0) is 50.4 Å². The summed E-state index contributed by atoms with van der Waals surface area (Å²) in [5, 5.41) is 3.36. The Bertz CT molecular complexity index is 507. The lowest BCUT2D eigenvalue weighted by Gasteiger charge is -2.14. The van der Waals surface area contributed by atoms with Crippen LogP contribution >= 0.6 is 11.8 Å². The molecule has 0 aromatic heterocycles. The molecular weight excluding hydrogens is 268 g/mol. The molecule has 2 N–H and O–H groups in total. The highest BCUT2D eigenvalue weighted by atomic mass is 32.2. The average molecular weight is 286 g/mol. The maximum absolute atomic E-state index is 11.6. The van der Waals surface area contributed by atoms with Crippen molar-refractivity contribution >= 4 is 27.5 Å². The van der Waals surface area contributed by atoms with Crippen LogP contribution in [0.1, 0.15) is 12.8 Å². The second kappa shape index (κ2) is 5.11. The van der Waals surface area contributed by atoms with Gasteiger partial charge in [0.25, 0.3) is 0 Å². The van der Waals surface area contributed by atoms with Crippen molar-refractivity contribution < 1.29 is 8.42 Å². The summed E-state index contributed by atoms with van der Waals surface area (Å²) in [5.74, 6) is 0. The lowest BCUT2D eigenvalue weighted by molar-refractivity contribution is 0.588. The molecule has 2 rings (SSSR count). The first-order valence-electron chi connectivity index (χ1n) is 5.84. The first kappa shape index (κ1) is 13.7. The summed E-state index contributed by atoms with van der Waals surface area (Å²) in [6.07, 6.45) is 4.65. The molecule has 100 valence electrons. The molecule has 0 heterocycles. The zero-order valence-electron chi connectivity index (χ0n) is 10.6. The number of anilines is 1. The molecule has 0 unspecified atom stereocenters. The van der Waals surface area contributed by atoms with Gasteiger partial charge in [0.15, 0.2) is 0 Å². The van der Waals surface area contributed by atoms with Crippen molar-refractivity contribution in [3.8, 4) is 0 Å². The van der Waals surface area contributed by atoms with E-state index in [0.29, 0.717) is 9.64 Å². The second-order valence-corrected chi connectivity index (χ2v) is 7.63. The van der Waals surface area contributed by atoms with E-state index in [1.165, 1.54) is 19.9 Å². The van der Waals surface area contributed by atoms with Gasteiger partial charge in [0.05, 0.1) is 4.90 Å². The number of hydrogen-bond acceptors (Lipinski definition) is 4. The Morgan fingerprint density at radius 1 is 1.28 bits per heavy atom. The summed E-state index contributed by atoms with van der Waals surface area (Å²) in [4.78, 5) is 0.293. The molecule has 0 aliphatic heterocycles. The number of nitrogens with one attached hydrogen (secondary N) is 2. The molecule has 1 aliphatic carbocycles. The Labute approximate surface area is 113 Å². The van der Waals surface area contributed by atoms with Crippen molar-refractivity contribution in [2.45, 2.75) is 22.5 Å². The Kier molecular flexibility index (Phi) is 3.89. The molecular formula is C12H18N2O2S2. The molecule has 1 aliphatic rings. The van der Waals surface area contributed by atoms with E-state index in [-0.39, 0.29) is 0 Å². The van der Waals surface area contributed by atoms with E-state index < -0.39 is 10.0 Å². The number of hydrogen-bond donors (Lipinski definition) is 2. The minimum Gasteiger partial charge on any atom is -0.384 e. The molecule has 0 radical (unpaired) electrons. The molecule has 4 nitrogen and oxygen atoms in total. The van der Waals surface area contributed by atoms with E-state index in [0.717, 1.165) is 12.2 Å². The van der Waals surface area contributed by atoms with Crippen LogP contribution < -0.4 is 10.0 Å². The molecule has 1 saturated carbocycles. The Hall–Kier alpha value is -0.720. The first-order valence-corrected chi connectivity index (χ1v) is 8.55. The van der Waals surface area contributed by atoms with Gasteiger partial charge >= 0.3 is 0 Å². The Morgan fingerprint density at radius 3 is 2.33 bits per heavy atom. The van der Waals surface area contributed by atoms with Gasteiger partial charge in [-0.15, -0.1) is 0 Å². The van der Waals surface area contributed by atoms with Crippen molar-refractivity contribution in [3.05, 3.63) is 24.3 Å². The third-order valence-electron chi connectivity index (χ3n) is 3.29. The molecule has 0 bridgehead atoms. The normalized spacial score (nSPS) is 17.4. The lowest BCUT2D eigenvalue weighted by atomic mass is 10.3. The molecule has 0 atom stereocenters. The fourth-order valence-corrected chi connectivity index (χ4v) is 3.18. The fraction of sp³-hybridized carbons (Fsp3) is 0.500. The van der Waals surface area contributed by atoms with Crippen LogP contribution in [-0.4, -0.2) is 33.0 Å². The van der Waals surface area contributed by atoms with Crippen molar-refractivity contribution in [1.29, 1.82) is 0 Å². The summed E-state index contributed by atoms with van der Waals surface area (Å²) in [6, 6.07) is 6.85. The summed E-state index contributed by atoms with van der Waals surface area (Å²) < 4.78 is 25.8. The van der Waals surface area contributed by atoms with E-state index >= 15 is 0 Å². The predicted octanol–water partition coefficient (Wildman–Crippen LogP) is 1.90. The van der Waals surface area contributed by atoms with Crippen molar-refractivity contribution in [1.82, 2.24) is 4.72 Å². The lowest BCUT2D eigenvalue weighted by Crippen LogP contribution is -2.19. The van der Waals surface area contributed by atoms with Crippen LogP contribution in [0, 0.1) is 0 Å². The maximum Gasteiger partial charge on any atom is 0.240 e. The molecule has 6 heteroatoms. The van der Waals surface area contributed by atoms with Gasteiger partial charge in [-0.1, -0.05) is 0 Å². The molecule has 1 fully saturated rings. The number of thioether (sulfide) groups is 1. The van der Waals surface area contributed by atoms with Gasteiger partial charge in [0.2, 0.25) is 10.0 Å². The molecule has 1 aromatic carbocycles. The van der Waals surface area contributed by atoms with Crippen LogP contribution in [0.3, 0.4) is 0 Å². The summed E-state index contributed by atoms with van der Waals surface area (Å²) >= 11 is 1.90. The van der Waals surface area contributed by atoms with Crippen LogP contribution in [0.25, 0.3) is 0 Å². The van der Waals surface area contributed by atoms with E-state index in [4.69, 9.17) is 0 Å². The Morgan fingerprint density at radius 2 is 1.89 bits per heavy atom. The highest BCUT2D eigenvalue weighted by Crippen LogP contribution is 2.47. The smallest absolute Gasteiger partial charge is 0.240 e. The first-order chi connectivity index (χ1) is 8.51. The summed E-state index contributed by atoms with van der Waals surface area (Å²) in [7, 11) is -1.92. The highest BCUT2D eigenvalue weighted by molar-refractivity contribution is 8.00. The third kappa shape index (κ3) is 2.99. The van der Waals surface area contributed by atoms with Crippen molar-refractivity contribution in [3.63, 3.8) is 0 Å². The van der Waals surface area contributed by atoms with Crippen LogP contribution in [-0.2, 0) is 10.0 Å². The number of rotatable bonds is 6. The highest BCUT2D eigenvalue weighted by Gasteiger charge is 2.41. The van der Waals surface area contributed by atoms with E-state index in [1.807, 2.05) is 11.8 Å². The number of sulfonamides is 1. The van der Waals surface area contributed by atoms with Gasteiger partial charge in [0.1, 0.15) is 0 Å². The number of benzene rings is 1. The van der Waals surface area contributed by atoms with Crippen molar-refractivity contribution in [2.24, 2.45) is 0 Å². The van der Waals surface area contributed by atoms with Crippen molar-refractivity contribution in [2.75, 3.05) is 25.2 Å². The fourth-order valence-electron chi connectivity index (χ4n) is 1.73. The largest absolute Gasteiger partial charge is 0.384 e. The van der Waals surface area contributed by atoms with Gasteiger partial charge in [-0.25, -0.2) is 13.1 Å². The van der Waals surface area contributed by atoms with Crippen LogP contribution in [0.5, 0.6) is 0 Å². The summed E-state index contributed by atoms with van der Waals surface area (Å²) in [5.41, 5.74) is 0.963. The van der Waals surface area contributed by atoms with Crippen LogP contribution in [0.2, 0.25) is 0 Å². The van der Waals surface area contributed by atoms with E-state index in [9.17, 15) is 8.42 Å². The average Bonchev–Trinajstić information content (AvgIpc) is 3.18. The molecule has 0 spiro atoms. The van der Waals surface area contributed by atoms with Gasteiger partial charge in [0, 0.05) is 17.0 Å². The zero-order valence-corrected chi connectivity index (χ0v) is 12.2.